The summed E-state index contributed by atoms with van der Waals surface area (Å²) in [4.78, 5) is 4.18. The van der Waals surface area contributed by atoms with Crippen molar-refractivity contribution < 1.29 is 8.60 Å². The molecule has 1 heterocycles. The third kappa shape index (κ3) is 4.75. The molecule has 0 saturated carbocycles. The molecule has 1 unspecified atom stereocenters. The van der Waals surface area contributed by atoms with Gasteiger partial charge >= 0.3 is 0 Å². The van der Waals surface area contributed by atoms with E-state index in [1.165, 1.54) is 12.3 Å². The summed E-state index contributed by atoms with van der Waals surface area (Å²) in [6.45, 7) is 7.44. The van der Waals surface area contributed by atoms with Crippen LogP contribution in [-0.4, -0.2) is 13.9 Å². The number of nitrogens with zero attached hydrogens (tertiary/aromatic N) is 1. The van der Waals surface area contributed by atoms with Gasteiger partial charge in [-0.2, -0.15) is 0 Å². The molecule has 0 aromatic carbocycles. The van der Waals surface area contributed by atoms with Gasteiger partial charge in [-0.15, -0.1) is 6.58 Å². The van der Waals surface area contributed by atoms with Crippen LogP contribution in [0, 0.1) is 5.82 Å². The van der Waals surface area contributed by atoms with E-state index in [4.69, 9.17) is 5.14 Å². The number of allylic oxidation sites excluding steroid dienone is 1. The Kier molecular flexibility index (Phi) is 6.48. The summed E-state index contributed by atoms with van der Waals surface area (Å²) >= 11 is 3.35. The van der Waals surface area contributed by atoms with Gasteiger partial charge < -0.3 is 0 Å². The maximum atomic E-state index is 13.2. The molecule has 2 N–H and O–H groups in total. The second-order valence-electron chi connectivity index (χ2n) is 5.34. The number of aromatic nitrogens is 1. The molecule has 0 bridgehead atoms. The predicted octanol–water partition coefficient (Wildman–Crippen LogP) is 3.82. The van der Waals surface area contributed by atoms with Gasteiger partial charge in [-0.25, -0.2) is 8.60 Å². The average Bonchev–Trinajstić information content (AvgIpc) is 2.34. The van der Waals surface area contributed by atoms with Crippen LogP contribution in [0.25, 0.3) is 0 Å². The highest BCUT2D eigenvalue weighted by Gasteiger charge is 2.30. The summed E-state index contributed by atoms with van der Waals surface area (Å²) in [5, 5.41) is 5.55. The van der Waals surface area contributed by atoms with Crippen LogP contribution in [-0.2, 0) is 11.0 Å². The standard InChI is InChI=1S/C14H20BrFN2OS/c1-4-5-6-10(8-14(2,3)20(17)19)13-12(15)7-11(16)9-18-13/h4,7,9-10H,1,5-6,8,17H2,2-3H3/t10-,20?/m0/s1. The van der Waals surface area contributed by atoms with Crippen LogP contribution in [0.1, 0.15) is 44.7 Å². The zero-order valence-corrected chi connectivity index (χ0v) is 14.1. The van der Waals surface area contributed by atoms with Crippen LogP contribution in [0.15, 0.2) is 29.4 Å². The molecule has 0 amide bonds. The zero-order chi connectivity index (χ0) is 15.3. The molecule has 0 aliphatic heterocycles. The van der Waals surface area contributed by atoms with Gasteiger partial charge in [-0.1, -0.05) is 6.08 Å². The molecule has 0 fully saturated rings. The molecule has 1 rings (SSSR count). The van der Waals surface area contributed by atoms with Gasteiger partial charge in [0.15, 0.2) is 0 Å². The molecule has 2 atom stereocenters. The minimum absolute atomic E-state index is 0.0467. The number of halogens is 2. The molecule has 0 radical (unpaired) electrons. The van der Waals surface area contributed by atoms with E-state index in [9.17, 15) is 8.60 Å². The first-order valence-corrected chi connectivity index (χ1v) is 8.36. The summed E-state index contributed by atoms with van der Waals surface area (Å²) in [6.07, 6.45) is 5.26. The quantitative estimate of drug-likeness (QED) is 0.749. The largest absolute Gasteiger partial charge is 0.257 e. The van der Waals surface area contributed by atoms with Crippen molar-refractivity contribution in [2.24, 2.45) is 5.14 Å². The Hall–Kier alpha value is -0.590. The third-order valence-electron chi connectivity index (χ3n) is 3.22. The van der Waals surface area contributed by atoms with E-state index in [2.05, 4.69) is 27.5 Å². The third-order valence-corrected chi connectivity index (χ3v) is 5.12. The fraction of sp³-hybridized carbons (Fsp3) is 0.500. The van der Waals surface area contributed by atoms with Crippen molar-refractivity contribution >= 4 is 26.9 Å². The van der Waals surface area contributed by atoms with Crippen molar-refractivity contribution in [1.82, 2.24) is 4.98 Å². The molecule has 112 valence electrons. The average molecular weight is 363 g/mol. The zero-order valence-electron chi connectivity index (χ0n) is 11.7. The van der Waals surface area contributed by atoms with E-state index in [0.717, 1.165) is 18.5 Å². The summed E-state index contributed by atoms with van der Waals surface area (Å²) in [6, 6.07) is 1.40. The van der Waals surface area contributed by atoms with Gasteiger partial charge in [-0.3, -0.25) is 10.1 Å². The molecule has 0 spiro atoms. The van der Waals surface area contributed by atoms with Crippen LogP contribution in [0.4, 0.5) is 4.39 Å². The Morgan fingerprint density at radius 3 is 2.80 bits per heavy atom. The second-order valence-corrected chi connectivity index (χ2v) is 7.90. The van der Waals surface area contributed by atoms with E-state index in [1.54, 1.807) is 0 Å². The Morgan fingerprint density at radius 2 is 2.30 bits per heavy atom. The van der Waals surface area contributed by atoms with Gasteiger partial charge in [0.25, 0.3) is 0 Å². The minimum Gasteiger partial charge on any atom is -0.257 e. The Morgan fingerprint density at radius 1 is 1.65 bits per heavy atom. The first-order valence-electron chi connectivity index (χ1n) is 6.36. The van der Waals surface area contributed by atoms with E-state index < -0.39 is 15.7 Å². The molecule has 1 aromatic rings. The van der Waals surface area contributed by atoms with E-state index >= 15 is 0 Å². The lowest BCUT2D eigenvalue weighted by Crippen LogP contribution is -2.34. The Balaban J connectivity index is 3.05. The first-order chi connectivity index (χ1) is 9.27. The maximum absolute atomic E-state index is 13.2. The van der Waals surface area contributed by atoms with Crippen molar-refractivity contribution in [3.05, 3.63) is 40.9 Å². The fourth-order valence-electron chi connectivity index (χ4n) is 2.06. The number of pyridine rings is 1. The molecular formula is C14H20BrFN2OS. The van der Waals surface area contributed by atoms with Gasteiger partial charge in [-0.05, 0) is 55.1 Å². The molecule has 20 heavy (non-hydrogen) atoms. The lowest BCUT2D eigenvalue weighted by atomic mass is 9.89. The highest BCUT2D eigenvalue weighted by molar-refractivity contribution is 9.10. The normalized spacial score (nSPS) is 14.8. The van der Waals surface area contributed by atoms with Gasteiger partial charge in [0.2, 0.25) is 0 Å². The van der Waals surface area contributed by atoms with Crippen LogP contribution in [0.2, 0.25) is 0 Å². The highest BCUT2D eigenvalue weighted by atomic mass is 79.9. The monoisotopic (exact) mass is 362 g/mol. The van der Waals surface area contributed by atoms with Crippen LogP contribution < -0.4 is 5.14 Å². The number of hydrogen-bond acceptors (Lipinski definition) is 2. The summed E-state index contributed by atoms with van der Waals surface area (Å²) in [7, 11) is -1.43. The van der Waals surface area contributed by atoms with Gasteiger partial charge in [0.05, 0.1) is 27.6 Å². The highest BCUT2D eigenvalue weighted by Crippen LogP contribution is 2.35. The molecule has 3 nitrogen and oxygen atoms in total. The van der Waals surface area contributed by atoms with Crippen molar-refractivity contribution in [3.8, 4) is 0 Å². The maximum Gasteiger partial charge on any atom is 0.142 e. The lowest BCUT2D eigenvalue weighted by molar-refractivity contribution is 0.485. The predicted molar refractivity (Wildman–Crippen MR) is 85.1 cm³/mol. The molecule has 0 aliphatic rings. The van der Waals surface area contributed by atoms with E-state index in [-0.39, 0.29) is 11.7 Å². The molecule has 0 saturated heterocycles. The van der Waals surface area contributed by atoms with Crippen LogP contribution in [0.3, 0.4) is 0 Å². The molecule has 6 heteroatoms. The summed E-state index contributed by atoms with van der Waals surface area (Å²) < 4.78 is 24.9. The van der Waals surface area contributed by atoms with Gasteiger partial charge in [0.1, 0.15) is 5.82 Å². The topological polar surface area (TPSA) is 56.0 Å². The number of rotatable bonds is 7. The summed E-state index contributed by atoms with van der Waals surface area (Å²) in [5.41, 5.74) is 0.770. The van der Waals surface area contributed by atoms with Gasteiger partial charge in [0, 0.05) is 10.4 Å². The smallest absolute Gasteiger partial charge is 0.142 e. The number of nitrogens with two attached hydrogens (primary N) is 1. The van der Waals surface area contributed by atoms with E-state index in [1.807, 2.05) is 19.9 Å². The van der Waals surface area contributed by atoms with Crippen molar-refractivity contribution in [2.45, 2.75) is 43.8 Å². The first kappa shape index (κ1) is 17.5. The number of hydrogen-bond donors (Lipinski definition) is 1. The fourth-order valence-corrected chi connectivity index (χ4v) is 3.07. The van der Waals surface area contributed by atoms with Crippen LogP contribution >= 0.6 is 15.9 Å². The van der Waals surface area contributed by atoms with Crippen molar-refractivity contribution in [2.75, 3.05) is 0 Å². The molecule has 0 aliphatic carbocycles. The van der Waals surface area contributed by atoms with Crippen molar-refractivity contribution in [3.63, 3.8) is 0 Å². The summed E-state index contributed by atoms with van der Waals surface area (Å²) in [5.74, 6) is -0.338. The lowest BCUT2D eigenvalue weighted by Gasteiger charge is -2.27. The van der Waals surface area contributed by atoms with Crippen molar-refractivity contribution in [1.29, 1.82) is 0 Å². The second kappa shape index (κ2) is 7.43. The molecular weight excluding hydrogens is 343 g/mol. The Bertz CT molecular complexity index is 508. The molecule has 1 aromatic heterocycles. The van der Waals surface area contributed by atoms with E-state index in [0.29, 0.717) is 10.9 Å². The SMILES string of the molecule is C=CCC[C@@H](CC(C)(C)S(N)=O)c1ncc(F)cc1Br. The Labute approximate surface area is 130 Å². The minimum atomic E-state index is -1.43. The van der Waals surface area contributed by atoms with Crippen LogP contribution in [0.5, 0.6) is 0 Å².